The molecule has 0 aromatic heterocycles. The van der Waals surface area contributed by atoms with Gasteiger partial charge >= 0.3 is 19.7 Å². The number of rotatable bonds is 53. The van der Waals surface area contributed by atoms with Crippen molar-refractivity contribution in [3.63, 3.8) is 0 Å². The summed E-state index contributed by atoms with van der Waals surface area (Å²) in [6.45, 7) is 11.2. The van der Waals surface area contributed by atoms with Crippen molar-refractivity contribution in [2.24, 2.45) is 0 Å². The molecular formula is C55H111N2O7P. The fourth-order valence-corrected chi connectivity index (χ4v) is 9.96. The second-order valence-corrected chi connectivity index (χ2v) is 21.5. The first kappa shape index (κ1) is 64.0. The van der Waals surface area contributed by atoms with E-state index >= 15 is 0 Å². The molecule has 0 amide bonds. The van der Waals surface area contributed by atoms with Crippen LogP contribution in [0.3, 0.4) is 0 Å². The van der Waals surface area contributed by atoms with Crippen molar-refractivity contribution in [2.75, 3.05) is 40.4 Å². The number of esters is 2. The Bertz CT molecular complexity index is 961. The lowest BCUT2D eigenvalue weighted by Crippen LogP contribution is -2.21. The zero-order chi connectivity index (χ0) is 47.7. The molecule has 0 bridgehead atoms. The molecule has 65 heavy (non-hydrogen) atoms. The van der Waals surface area contributed by atoms with Crippen LogP contribution in [0.25, 0.3) is 0 Å². The van der Waals surface area contributed by atoms with Crippen molar-refractivity contribution >= 4 is 19.7 Å². The van der Waals surface area contributed by atoms with Gasteiger partial charge in [0, 0.05) is 19.4 Å². The maximum absolute atomic E-state index is 13.7. The standard InChI is InChI=1S/C55H111N2O7P/c1-7-11-15-19-25-33-42-52(43-34-26-20-16-12-8-2)63-54(58)46-37-29-23-31-39-50-61-65(60,56-48-41-49-57(5)6)62-51-40-32-24-30-38-47-55(59)64-53(44-35-27-21-17-13-9-3)45-36-28-22-18-14-10-4/h52-53H,7-51H2,1-6H3,(H,56,60). The molecule has 0 saturated heterocycles. The number of nitrogens with one attached hydrogen (secondary N) is 1. The molecule has 388 valence electrons. The molecule has 1 N–H and O–H groups in total. The van der Waals surface area contributed by atoms with Gasteiger partial charge in [-0.15, -0.1) is 0 Å². The molecule has 0 aliphatic rings. The summed E-state index contributed by atoms with van der Waals surface area (Å²) in [5, 5.41) is 3.11. The van der Waals surface area contributed by atoms with Crippen LogP contribution < -0.4 is 5.09 Å². The van der Waals surface area contributed by atoms with Crippen molar-refractivity contribution in [1.29, 1.82) is 0 Å². The Hall–Kier alpha value is -0.990. The van der Waals surface area contributed by atoms with Crippen LogP contribution in [-0.4, -0.2) is 69.4 Å². The molecule has 0 aliphatic carbocycles. The van der Waals surface area contributed by atoms with Crippen molar-refractivity contribution < 1.29 is 32.7 Å². The molecule has 0 unspecified atom stereocenters. The Labute approximate surface area is 404 Å². The minimum absolute atomic E-state index is 0.0326. The zero-order valence-corrected chi connectivity index (χ0v) is 45.1. The lowest BCUT2D eigenvalue weighted by molar-refractivity contribution is -0.151. The van der Waals surface area contributed by atoms with Gasteiger partial charge in [0.25, 0.3) is 0 Å². The van der Waals surface area contributed by atoms with E-state index in [4.69, 9.17) is 18.5 Å². The lowest BCUT2D eigenvalue weighted by Gasteiger charge is -2.20. The fourth-order valence-electron chi connectivity index (χ4n) is 8.54. The van der Waals surface area contributed by atoms with Crippen LogP contribution in [0.1, 0.15) is 291 Å². The molecule has 0 heterocycles. The first-order valence-electron chi connectivity index (χ1n) is 28.4. The van der Waals surface area contributed by atoms with Crippen LogP contribution in [0.2, 0.25) is 0 Å². The number of hydrogen-bond donors (Lipinski definition) is 1. The molecule has 0 spiro atoms. The van der Waals surface area contributed by atoms with E-state index in [1.54, 1.807) is 0 Å². The second kappa shape index (κ2) is 49.4. The lowest BCUT2D eigenvalue weighted by atomic mass is 10.0. The molecular weight excluding hydrogens is 832 g/mol. The number of hydrogen-bond acceptors (Lipinski definition) is 8. The smallest absolute Gasteiger partial charge is 0.405 e. The predicted octanol–water partition coefficient (Wildman–Crippen LogP) is 17.2. The van der Waals surface area contributed by atoms with E-state index in [1.165, 1.54) is 128 Å². The van der Waals surface area contributed by atoms with Crippen molar-refractivity contribution in [1.82, 2.24) is 9.99 Å². The monoisotopic (exact) mass is 943 g/mol. The summed E-state index contributed by atoms with van der Waals surface area (Å²) < 4.78 is 37.6. The number of carbonyl (C=O) groups excluding carboxylic acids is 2. The number of nitrogens with zero attached hydrogens (tertiary/aromatic N) is 1. The quantitative estimate of drug-likeness (QED) is 0.0363. The van der Waals surface area contributed by atoms with Gasteiger partial charge in [0.1, 0.15) is 12.2 Å². The average Bonchev–Trinajstić information content (AvgIpc) is 3.28. The van der Waals surface area contributed by atoms with Gasteiger partial charge in [-0.1, -0.05) is 195 Å². The summed E-state index contributed by atoms with van der Waals surface area (Å²) in [6.07, 6.45) is 45.5. The predicted molar refractivity (Wildman–Crippen MR) is 278 cm³/mol. The molecule has 0 aromatic rings. The third kappa shape index (κ3) is 46.5. The summed E-state index contributed by atoms with van der Waals surface area (Å²) in [6, 6.07) is 0. The molecule has 0 radical (unpaired) electrons. The Kier molecular flexibility index (Phi) is 48.7. The largest absolute Gasteiger partial charge is 0.462 e. The van der Waals surface area contributed by atoms with E-state index in [1.807, 2.05) is 14.1 Å². The molecule has 10 heteroatoms. The van der Waals surface area contributed by atoms with Crippen LogP contribution in [0.4, 0.5) is 0 Å². The highest BCUT2D eigenvalue weighted by Crippen LogP contribution is 2.44. The summed E-state index contributed by atoms with van der Waals surface area (Å²) in [4.78, 5) is 27.7. The van der Waals surface area contributed by atoms with Crippen molar-refractivity contribution in [3.8, 4) is 0 Å². The molecule has 0 aromatic carbocycles. The topological polar surface area (TPSA) is 103 Å². The SMILES string of the molecule is CCCCCCCCC(CCCCCCCC)OC(=O)CCCCCCCOP(=O)(NCCCN(C)C)OCCCCCCCC(=O)OC(CCCCCCCC)CCCCCCCC. The fraction of sp³-hybridized carbons (Fsp3) is 0.964. The third-order valence-electron chi connectivity index (χ3n) is 12.8. The minimum atomic E-state index is -3.41. The summed E-state index contributed by atoms with van der Waals surface area (Å²) in [5.74, 6) is -0.0652. The van der Waals surface area contributed by atoms with Gasteiger partial charge < -0.3 is 14.4 Å². The third-order valence-corrected chi connectivity index (χ3v) is 14.4. The van der Waals surface area contributed by atoms with E-state index in [0.29, 0.717) is 32.6 Å². The van der Waals surface area contributed by atoms with E-state index < -0.39 is 7.75 Å². The van der Waals surface area contributed by atoms with Gasteiger partial charge in [-0.25, -0.2) is 9.65 Å². The highest BCUT2D eigenvalue weighted by atomic mass is 31.2. The van der Waals surface area contributed by atoms with Crippen LogP contribution in [0.5, 0.6) is 0 Å². The Morgan fingerprint density at radius 1 is 0.415 bits per heavy atom. The van der Waals surface area contributed by atoms with Gasteiger partial charge in [0.2, 0.25) is 0 Å². The molecule has 0 rings (SSSR count). The normalized spacial score (nSPS) is 12.0. The summed E-state index contributed by atoms with van der Waals surface area (Å²) >= 11 is 0. The first-order chi connectivity index (χ1) is 31.7. The van der Waals surface area contributed by atoms with Gasteiger partial charge in [-0.05, 0) is 104 Å². The van der Waals surface area contributed by atoms with Crippen LogP contribution >= 0.6 is 7.75 Å². The van der Waals surface area contributed by atoms with Crippen molar-refractivity contribution in [3.05, 3.63) is 0 Å². The summed E-state index contributed by atoms with van der Waals surface area (Å²) in [5.41, 5.74) is 0. The number of ether oxygens (including phenoxy) is 2. The Morgan fingerprint density at radius 2 is 0.708 bits per heavy atom. The van der Waals surface area contributed by atoms with Gasteiger partial charge in [-0.2, -0.15) is 0 Å². The molecule has 0 atom stereocenters. The average molecular weight is 943 g/mol. The van der Waals surface area contributed by atoms with E-state index in [0.717, 1.165) is 129 Å². The first-order valence-corrected chi connectivity index (χ1v) is 29.9. The van der Waals surface area contributed by atoms with Gasteiger partial charge in [0.05, 0.1) is 13.2 Å². The zero-order valence-electron chi connectivity index (χ0n) is 44.2. The number of unbranched alkanes of at least 4 members (excludes halogenated alkanes) is 28. The van der Waals surface area contributed by atoms with Crippen LogP contribution in [-0.2, 0) is 32.7 Å². The van der Waals surface area contributed by atoms with E-state index in [-0.39, 0.29) is 24.1 Å². The van der Waals surface area contributed by atoms with Gasteiger partial charge in [0.15, 0.2) is 0 Å². The Balaban J connectivity index is 4.53. The second-order valence-electron chi connectivity index (χ2n) is 19.7. The highest BCUT2D eigenvalue weighted by Gasteiger charge is 2.24. The number of carbonyl (C=O) groups is 2. The minimum Gasteiger partial charge on any atom is -0.462 e. The maximum atomic E-state index is 13.7. The summed E-state index contributed by atoms with van der Waals surface area (Å²) in [7, 11) is 0.664. The van der Waals surface area contributed by atoms with Crippen LogP contribution in [0, 0.1) is 0 Å². The molecule has 0 fully saturated rings. The molecule has 0 saturated carbocycles. The van der Waals surface area contributed by atoms with E-state index in [2.05, 4.69) is 37.7 Å². The van der Waals surface area contributed by atoms with Crippen LogP contribution in [0.15, 0.2) is 0 Å². The molecule has 9 nitrogen and oxygen atoms in total. The highest BCUT2D eigenvalue weighted by molar-refractivity contribution is 7.51. The maximum Gasteiger partial charge on any atom is 0.405 e. The van der Waals surface area contributed by atoms with Gasteiger partial charge in [-0.3, -0.25) is 18.6 Å². The van der Waals surface area contributed by atoms with E-state index in [9.17, 15) is 14.2 Å². The van der Waals surface area contributed by atoms with Crippen molar-refractivity contribution in [2.45, 2.75) is 303 Å². The Morgan fingerprint density at radius 3 is 1.03 bits per heavy atom. The molecule has 0 aliphatic heterocycles.